The molecule has 0 spiro atoms. The van der Waals surface area contributed by atoms with Gasteiger partial charge in [-0.05, 0) is 43.7 Å². The molecule has 106 valence electrons. The van der Waals surface area contributed by atoms with Gasteiger partial charge >= 0.3 is 0 Å². The molecule has 0 atom stereocenters. The van der Waals surface area contributed by atoms with Crippen LogP contribution in [-0.4, -0.2) is 22.0 Å². The van der Waals surface area contributed by atoms with Gasteiger partial charge in [-0.15, -0.1) is 5.10 Å². The maximum absolute atomic E-state index is 4.33. The maximum Gasteiger partial charge on any atom is 0.135 e. The molecule has 4 heteroatoms. The molecule has 0 bridgehead atoms. The van der Waals surface area contributed by atoms with E-state index in [1.807, 2.05) is 54.2 Å². The van der Waals surface area contributed by atoms with Gasteiger partial charge in [0.05, 0.1) is 5.52 Å². The van der Waals surface area contributed by atoms with E-state index in [0.717, 1.165) is 22.5 Å². The molecule has 0 radical (unpaired) electrons. The average Bonchev–Trinajstić information content (AvgIpc) is 2.92. The molecule has 0 fully saturated rings. The first kappa shape index (κ1) is 13.4. The van der Waals surface area contributed by atoms with Crippen LogP contribution in [-0.2, 0) is 0 Å². The number of fused-ring (bicyclic) bond motifs is 1. The van der Waals surface area contributed by atoms with Crippen LogP contribution in [0.4, 0.5) is 5.69 Å². The first-order chi connectivity index (χ1) is 10.2. The van der Waals surface area contributed by atoms with Crippen LogP contribution in [0.3, 0.4) is 0 Å². The highest BCUT2D eigenvalue weighted by molar-refractivity contribution is 5.81. The zero-order valence-electron chi connectivity index (χ0n) is 12.5. The Morgan fingerprint density at radius 1 is 0.952 bits per heavy atom. The van der Waals surface area contributed by atoms with E-state index in [-0.39, 0.29) is 0 Å². The van der Waals surface area contributed by atoms with Crippen molar-refractivity contribution in [3.63, 3.8) is 0 Å². The number of hydrogen-bond acceptors (Lipinski definition) is 3. The van der Waals surface area contributed by atoms with Crippen molar-refractivity contribution in [3.8, 4) is 0 Å². The molecule has 0 aliphatic heterocycles. The maximum atomic E-state index is 4.33. The van der Waals surface area contributed by atoms with Gasteiger partial charge in [0, 0.05) is 12.7 Å². The van der Waals surface area contributed by atoms with Crippen LogP contribution >= 0.6 is 0 Å². The monoisotopic (exact) mass is 278 g/mol. The number of anilines is 1. The Morgan fingerprint density at radius 2 is 1.62 bits per heavy atom. The van der Waals surface area contributed by atoms with Gasteiger partial charge in [0.1, 0.15) is 11.3 Å². The second kappa shape index (κ2) is 5.40. The van der Waals surface area contributed by atoms with Crippen molar-refractivity contribution in [2.24, 2.45) is 0 Å². The molecule has 3 rings (SSSR count). The molecule has 0 N–H and O–H groups in total. The molecule has 0 saturated carbocycles. The van der Waals surface area contributed by atoms with Gasteiger partial charge in [0.2, 0.25) is 0 Å². The quantitative estimate of drug-likeness (QED) is 0.731. The number of benzene rings is 2. The first-order valence-corrected chi connectivity index (χ1v) is 6.95. The van der Waals surface area contributed by atoms with E-state index < -0.39 is 0 Å². The molecule has 3 aromatic rings. The molecule has 2 aromatic carbocycles. The van der Waals surface area contributed by atoms with Crippen molar-refractivity contribution in [2.45, 2.75) is 13.8 Å². The van der Waals surface area contributed by atoms with Gasteiger partial charge in [0.25, 0.3) is 0 Å². The minimum atomic E-state index is 0.901. The minimum Gasteiger partial charge on any atom is -0.329 e. The number of para-hydroxylation sites is 2. The van der Waals surface area contributed by atoms with Crippen molar-refractivity contribution < 1.29 is 0 Å². The summed E-state index contributed by atoms with van der Waals surface area (Å²) in [5.41, 5.74) is 4.21. The Labute approximate surface area is 124 Å². The number of rotatable bonds is 3. The molecule has 0 saturated heterocycles. The largest absolute Gasteiger partial charge is 0.329 e. The fourth-order valence-electron chi connectivity index (χ4n) is 2.49. The lowest BCUT2D eigenvalue weighted by Gasteiger charge is -2.24. The molecular formula is C17H18N4. The second-order valence-corrected chi connectivity index (χ2v) is 5.21. The van der Waals surface area contributed by atoms with Crippen LogP contribution in [0.5, 0.6) is 0 Å². The predicted octanol–water partition coefficient (Wildman–Crippen LogP) is 3.78. The smallest absolute Gasteiger partial charge is 0.135 e. The van der Waals surface area contributed by atoms with Crippen molar-refractivity contribution in [1.82, 2.24) is 15.0 Å². The topological polar surface area (TPSA) is 34.0 Å². The van der Waals surface area contributed by atoms with Crippen LogP contribution in [0.15, 0.2) is 60.2 Å². The third kappa shape index (κ3) is 2.40. The van der Waals surface area contributed by atoms with Crippen molar-refractivity contribution in [1.29, 1.82) is 0 Å². The summed E-state index contributed by atoms with van der Waals surface area (Å²) >= 11 is 0. The number of nitrogens with zero attached hydrogens (tertiary/aromatic N) is 4. The van der Waals surface area contributed by atoms with Crippen LogP contribution in [0.2, 0.25) is 0 Å². The van der Waals surface area contributed by atoms with E-state index in [2.05, 4.69) is 41.2 Å². The molecule has 0 amide bonds. The number of hydrogen-bond donors (Lipinski definition) is 0. The van der Waals surface area contributed by atoms with Crippen molar-refractivity contribution >= 4 is 22.5 Å². The van der Waals surface area contributed by atoms with Crippen molar-refractivity contribution in [2.75, 3.05) is 11.9 Å². The van der Waals surface area contributed by atoms with E-state index in [1.54, 1.807) is 0 Å². The SMILES string of the molecule is CC(C)=C(N(C)c1ccccc1)n1nnc2ccccc21. The van der Waals surface area contributed by atoms with Crippen LogP contribution in [0.1, 0.15) is 13.8 Å². The van der Waals surface area contributed by atoms with Gasteiger partial charge < -0.3 is 4.90 Å². The lowest BCUT2D eigenvalue weighted by molar-refractivity contribution is 0.809. The van der Waals surface area contributed by atoms with Crippen LogP contribution in [0.25, 0.3) is 16.9 Å². The zero-order valence-corrected chi connectivity index (χ0v) is 12.5. The van der Waals surface area contributed by atoms with E-state index in [1.165, 1.54) is 5.57 Å². The fraction of sp³-hybridized carbons (Fsp3) is 0.176. The first-order valence-electron chi connectivity index (χ1n) is 6.95. The summed E-state index contributed by atoms with van der Waals surface area (Å²) in [5, 5.41) is 8.58. The van der Waals surface area contributed by atoms with Crippen molar-refractivity contribution in [3.05, 3.63) is 60.2 Å². The second-order valence-electron chi connectivity index (χ2n) is 5.21. The van der Waals surface area contributed by atoms with Gasteiger partial charge in [-0.25, -0.2) is 0 Å². The third-order valence-corrected chi connectivity index (χ3v) is 3.46. The normalized spacial score (nSPS) is 10.6. The molecule has 21 heavy (non-hydrogen) atoms. The Kier molecular flexibility index (Phi) is 3.44. The van der Waals surface area contributed by atoms with Gasteiger partial charge in [-0.2, -0.15) is 4.68 Å². The molecule has 0 aliphatic carbocycles. The highest BCUT2D eigenvalue weighted by atomic mass is 15.5. The molecular weight excluding hydrogens is 260 g/mol. The van der Waals surface area contributed by atoms with E-state index >= 15 is 0 Å². The summed E-state index contributed by atoms with van der Waals surface area (Å²) in [4.78, 5) is 2.14. The Bertz CT molecular complexity index is 783. The van der Waals surface area contributed by atoms with E-state index in [0.29, 0.717) is 0 Å². The summed E-state index contributed by atoms with van der Waals surface area (Å²) in [6.07, 6.45) is 0. The molecule has 1 aromatic heterocycles. The highest BCUT2D eigenvalue weighted by Gasteiger charge is 2.15. The van der Waals surface area contributed by atoms with Gasteiger partial charge in [-0.1, -0.05) is 35.5 Å². The number of allylic oxidation sites excluding steroid dienone is 1. The van der Waals surface area contributed by atoms with E-state index in [9.17, 15) is 0 Å². The molecule has 0 unspecified atom stereocenters. The zero-order chi connectivity index (χ0) is 14.8. The lowest BCUT2D eigenvalue weighted by atomic mass is 10.2. The van der Waals surface area contributed by atoms with Gasteiger partial charge in [0.15, 0.2) is 0 Å². The highest BCUT2D eigenvalue weighted by Crippen LogP contribution is 2.24. The molecule has 0 aliphatic rings. The molecule has 1 heterocycles. The number of aromatic nitrogens is 3. The van der Waals surface area contributed by atoms with E-state index in [4.69, 9.17) is 0 Å². The summed E-state index contributed by atoms with van der Waals surface area (Å²) in [5.74, 6) is 1.02. The Morgan fingerprint density at radius 3 is 2.33 bits per heavy atom. The summed E-state index contributed by atoms with van der Waals surface area (Å²) in [7, 11) is 2.05. The minimum absolute atomic E-state index is 0.901. The Balaban J connectivity index is 2.14. The van der Waals surface area contributed by atoms with Crippen LogP contribution < -0.4 is 4.90 Å². The summed E-state index contributed by atoms with van der Waals surface area (Å²) < 4.78 is 1.90. The summed E-state index contributed by atoms with van der Waals surface area (Å²) in [6.45, 7) is 4.18. The summed E-state index contributed by atoms with van der Waals surface area (Å²) in [6, 6.07) is 18.3. The Hall–Kier alpha value is -2.62. The fourth-order valence-corrected chi connectivity index (χ4v) is 2.49. The average molecular weight is 278 g/mol. The molecule has 4 nitrogen and oxygen atoms in total. The predicted molar refractivity (Wildman–Crippen MR) is 86.9 cm³/mol. The lowest BCUT2D eigenvalue weighted by Crippen LogP contribution is -2.22. The van der Waals surface area contributed by atoms with Crippen LogP contribution in [0, 0.1) is 0 Å². The standard InChI is InChI=1S/C17H18N4/c1-13(2)17(20(3)14-9-5-4-6-10-14)21-16-12-8-7-11-15(16)18-19-21/h4-12H,1-3H3. The van der Waals surface area contributed by atoms with Gasteiger partial charge in [-0.3, -0.25) is 0 Å². The third-order valence-electron chi connectivity index (χ3n) is 3.46.